The Kier molecular flexibility index (Phi) is 5.64. The fourth-order valence-corrected chi connectivity index (χ4v) is 7.80. The molecule has 9 rings (SSSR count). The van der Waals surface area contributed by atoms with Crippen molar-refractivity contribution in [3.8, 4) is 44.5 Å². The van der Waals surface area contributed by atoms with Gasteiger partial charge in [0.05, 0.1) is 0 Å². The van der Waals surface area contributed by atoms with E-state index in [1.165, 1.54) is 88.0 Å². The Morgan fingerprint density at radius 3 is 1.49 bits per heavy atom. The number of rotatable bonds is 3. The Morgan fingerprint density at radius 1 is 0.311 bits per heavy atom. The summed E-state index contributed by atoms with van der Waals surface area (Å²) in [7, 11) is 0. The lowest BCUT2D eigenvalue weighted by molar-refractivity contribution is 0.660. The summed E-state index contributed by atoms with van der Waals surface area (Å²) >= 11 is 0. The summed E-state index contributed by atoms with van der Waals surface area (Å²) in [6.45, 7) is 4.71. The molecule has 8 aromatic rings. The minimum absolute atomic E-state index is 0.0181. The smallest absolute Gasteiger partial charge is 0.0159 e. The highest BCUT2D eigenvalue weighted by molar-refractivity contribution is 6.14. The number of hydrogen-bond donors (Lipinski definition) is 0. The van der Waals surface area contributed by atoms with Gasteiger partial charge in [0.2, 0.25) is 0 Å². The Bertz CT molecular complexity index is 2440. The van der Waals surface area contributed by atoms with Crippen molar-refractivity contribution in [1.29, 1.82) is 0 Å². The van der Waals surface area contributed by atoms with E-state index in [4.69, 9.17) is 0 Å². The van der Waals surface area contributed by atoms with E-state index in [-0.39, 0.29) is 5.41 Å². The Morgan fingerprint density at radius 2 is 0.778 bits per heavy atom. The highest BCUT2D eigenvalue weighted by Gasteiger charge is 2.35. The molecule has 0 heterocycles. The summed E-state index contributed by atoms with van der Waals surface area (Å²) in [5.74, 6) is 0. The lowest BCUT2D eigenvalue weighted by Gasteiger charge is -2.22. The largest absolute Gasteiger partial charge is 0.0619 e. The first-order valence-corrected chi connectivity index (χ1v) is 15.9. The van der Waals surface area contributed by atoms with Gasteiger partial charge in [0.25, 0.3) is 0 Å². The van der Waals surface area contributed by atoms with E-state index >= 15 is 0 Å². The average molecular weight is 573 g/mol. The van der Waals surface area contributed by atoms with Gasteiger partial charge in [0.15, 0.2) is 0 Å². The van der Waals surface area contributed by atoms with Crippen LogP contribution in [0.1, 0.15) is 25.0 Å². The fourth-order valence-electron chi connectivity index (χ4n) is 7.80. The number of hydrogen-bond acceptors (Lipinski definition) is 0. The normalized spacial score (nSPS) is 13.3. The lowest BCUT2D eigenvalue weighted by Crippen LogP contribution is -2.14. The number of benzene rings is 8. The zero-order chi connectivity index (χ0) is 30.1. The van der Waals surface area contributed by atoms with E-state index in [0.717, 1.165) is 0 Å². The van der Waals surface area contributed by atoms with Crippen molar-refractivity contribution >= 4 is 32.3 Å². The third kappa shape index (κ3) is 3.92. The molecule has 0 fully saturated rings. The van der Waals surface area contributed by atoms with Crippen LogP contribution in [0, 0.1) is 0 Å². The summed E-state index contributed by atoms with van der Waals surface area (Å²) in [6.07, 6.45) is 0. The predicted octanol–water partition coefficient (Wildman–Crippen LogP) is 12.5. The highest BCUT2D eigenvalue weighted by Crippen LogP contribution is 2.50. The second-order valence-corrected chi connectivity index (χ2v) is 12.9. The highest BCUT2D eigenvalue weighted by atomic mass is 14.4. The monoisotopic (exact) mass is 572 g/mol. The third-order valence-electron chi connectivity index (χ3n) is 10.1. The van der Waals surface area contributed by atoms with Crippen LogP contribution in [0.4, 0.5) is 0 Å². The first-order chi connectivity index (χ1) is 22.1. The molecule has 0 saturated carbocycles. The summed E-state index contributed by atoms with van der Waals surface area (Å²) < 4.78 is 0. The molecule has 0 nitrogen and oxygen atoms in total. The SMILES string of the molecule is CC1(C)c2ccccc2-c2ccc(-c3ccc(-c4ccc(-c5cc6ccccc6c6ccccc56)cc4)c4ccccc34)cc21. The van der Waals surface area contributed by atoms with Crippen LogP contribution in [0.25, 0.3) is 76.8 Å². The molecule has 212 valence electrons. The zero-order valence-electron chi connectivity index (χ0n) is 25.5. The molecule has 45 heavy (non-hydrogen) atoms. The zero-order valence-corrected chi connectivity index (χ0v) is 25.5. The Hall–Kier alpha value is -5.46. The van der Waals surface area contributed by atoms with Crippen LogP contribution in [0.15, 0.2) is 158 Å². The molecule has 1 aliphatic carbocycles. The van der Waals surface area contributed by atoms with Crippen molar-refractivity contribution in [3.63, 3.8) is 0 Å². The second-order valence-electron chi connectivity index (χ2n) is 12.9. The van der Waals surface area contributed by atoms with Crippen molar-refractivity contribution in [2.24, 2.45) is 0 Å². The second kappa shape index (κ2) is 9.78. The lowest BCUT2D eigenvalue weighted by atomic mass is 9.81. The molecule has 0 radical (unpaired) electrons. The molecule has 0 aromatic heterocycles. The molecular formula is C45H32. The van der Waals surface area contributed by atoms with Crippen LogP contribution >= 0.6 is 0 Å². The van der Waals surface area contributed by atoms with Gasteiger partial charge in [-0.15, -0.1) is 0 Å². The molecule has 0 saturated heterocycles. The Balaban J connectivity index is 1.14. The van der Waals surface area contributed by atoms with E-state index in [1.807, 2.05) is 0 Å². The van der Waals surface area contributed by atoms with Crippen molar-refractivity contribution in [2.45, 2.75) is 19.3 Å². The summed E-state index contributed by atoms with van der Waals surface area (Å²) in [4.78, 5) is 0. The molecule has 0 amide bonds. The minimum atomic E-state index is -0.0181. The topological polar surface area (TPSA) is 0 Å². The van der Waals surface area contributed by atoms with E-state index in [9.17, 15) is 0 Å². The first kappa shape index (κ1) is 26.0. The number of fused-ring (bicyclic) bond motifs is 7. The van der Waals surface area contributed by atoms with Gasteiger partial charge >= 0.3 is 0 Å². The summed E-state index contributed by atoms with van der Waals surface area (Å²) in [6, 6.07) is 58.4. The maximum Gasteiger partial charge on any atom is 0.0159 e. The molecule has 0 unspecified atom stereocenters. The van der Waals surface area contributed by atoms with Crippen molar-refractivity contribution in [1.82, 2.24) is 0 Å². The van der Waals surface area contributed by atoms with Crippen molar-refractivity contribution < 1.29 is 0 Å². The molecule has 0 spiro atoms. The summed E-state index contributed by atoms with van der Waals surface area (Å²) in [5, 5.41) is 7.73. The standard InChI is InChI=1S/C45H32/c1-45(2)43-18-10-9-17-40(43)41-24-23-32(28-44(41)45)35-26-25-34(37-14-5-6-15-38(35)37)29-19-21-30(22-20-29)42-27-31-11-3-4-12-33(31)36-13-7-8-16-39(36)42/h3-28H,1-2H3. The fraction of sp³-hybridized carbons (Fsp3) is 0.0667. The van der Waals surface area contributed by atoms with E-state index in [1.54, 1.807) is 0 Å². The van der Waals surface area contributed by atoms with Gasteiger partial charge in [0.1, 0.15) is 0 Å². The molecular weight excluding hydrogens is 540 g/mol. The van der Waals surface area contributed by atoms with Crippen LogP contribution in [-0.2, 0) is 5.41 Å². The molecule has 0 bridgehead atoms. The van der Waals surface area contributed by atoms with Crippen molar-refractivity contribution in [2.75, 3.05) is 0 Å². The van der Waals surface area contributed by atoms with E-state index in [0.29, 0.717) is 0 Å². The van der Waals surface area contributed by atoms with E-state index in [2.05, 4.69) is 172 Å². The minimum Gasteiger partial charge on any atom is -0.0619 e. The molecule has 0 aliphatic heterocycles. The predicted molar refractivity (Wildman–Crippen MR) is 193 cm³/mol. The van der Waals surface area contributed by atoms with Gasteiger partial charge < -0.3 is 0 Å². The van der Waals surface area contributed by atoms with Gasteiger partial charge in [-0.3, -0.25) is 0 Å². The van der Waals surface area contributed by atoms with Crippen molar-refractivity contribution in [3.05, 3.63) is 169 Å². The molecule has 8 aromatic carbocycles. The van der Waals surface area contributed by atoms with Crippen LogP contribution in [0.3, 0.4) is 0 Å². The third-order valence-corrected chi connectivity index (χ3v) is 10.1. The van der Waals surface area contributed by atoms with Crippen LogP contribution in [0.5, 0.6) is 0 Å². The van der Waals surface area contributed by atoms with Gasteiger partial charge in [-0.1, -0.05) is 159 Å². The first-order valence-electron chi connectivity index (χ1n) is 15.9. The van der Waals surface area contributed by atoms with Crippen LogP contribution in [-0.4, -0.2) is 0 Å². The van der Waals surface area contributed by atoms with Gasteiger partial charge in [0, 0.05) is 5.41 Å². The van der Waals surface area contributed by atoms with Gasteiger partial charge in [-0.25, -0.2) is 0 Å². The Labute approximate surface area is 264 Å². The molecule has 0 heteroatoms. The average Bonchev–Trinajstić information content (AvgIpc) is 3.33. The van der Waals surface area contributed by atoms with E-state index < -0.39 is 0 Å². The molecule has 0 atom stereocenters. The molecule has 1 aliphatic rings. The summed E-state index contributed by atoms with van der Waals surface area (Å²) in [5.41, 5.74) is 13.1. The maximum atomic E-state index is 2.43. The van der Waals surface area contributed by atoms with Crippen LogP contribution < -0.4 is 0 Å². The van der Waals surface area contributed by atoms with Crippen LogP contribution in [0.2, 0.25) is 0 Å². The maximum absolute atomic E-state index is 2.43. The van der Waals surface area contributed by atoms with Gasteiger partial charge in [-0.2, -0.15) is 0 Å². The van der Waals surface area contributed by atoms with Gasteiger partial charge in [-0.05, 0) is 100 Å². The quantitative estimate of drug-likeness (QED) is 0.185. The molecule has 0 N–H and O–H groups in total.